The molecule has 1 N–H and O–H groups in total. The van der Waals surface area contributed by atoms with E-state index < -0.39 is 0 Å². The minimum absolute atomic E-state index is 0.0420. The van der Waals surface area contributed by atoms with E-state index in [0.29, 0.717) is 24.3 Å². The molecule has 1 heterocycles. The van der Waals surface area contributed by atoms with Crippen LogP contribution in [0.25, 0.3) is 0 Å². The van der Waals surface area contributed by atoms with Crippen molar-refractivity contribution in [3.63, 3.8) is 0 Å². The van der Waals surface area contributed by atoms with Crippen LogP contribution in [0.1, 0.15) is 64.4 Å². The predicted molar refractivity (Wildman–Crippen MR) is 139 cm³/mol. The molecule has 0 bridgehead atoms. The number of hydrogen-bond acceptors (Lipinski definition) is 7. The van der Waals surface area contributed by atoms with Crippen molar-refractivity contribution in [3.05, 3.63) is 77.9 Å². The molecule has 0 aliphatic heterocycles. The molecule has 0 unspecified atom stereocenters. The molecule has 0 saturated heterocycles. The van der Waals surface area contributed by atoms with Gasteiger partial charge in [0.05, 0.1) is 12.4 Å². The summed E-state index contributed by atoms with van der Waals surface area (Å²) in [5.41, 5.74) is 1.74. The summed E-state index contributed by atoms with van der Waals surface area (Å²) in [4.78, 5) is 19.7. The number of nitriles is 1. The van der Waals surface area contributed by atoms with Gasteiger partial charge in [-0.05, 0) is 56.2 Å². The molecule has 1 amide bonds. The van der Waals surface area contributed by atoms with E-state index in [2.05, 4.69) is 41.3 Å². The Balaban J connectivity index is 1.30. The van der Waals surface area contributed by atoms with Crippen molar-refractivity contribution in [1.82, 2.24) is 15.3 Å². The zero-order valence-electron chi connectivity index (χ0n) is 21.8. The lowest BCUT2D eigenvalue weighted by atomic mass is 9.78. The summed E-state index contributed by atoms with van der Waals surface area (Å²) in [6.07, 6.45) is 3.88. The number of rotatable bonds is 7. The molecular formula is C29H32N4O4. The first kappa shape index (κ1) is 26.0. The van der Waals surface area contributed by atoms with Crippen LogP contribution in [0.2, 0.25) is 0 Å². The number of nitrogens with one attached hydrogen (secondary N) is 1. The molecule has 0 spiro atoms. The van der Waals surface area contributed by atoms with Gasteiger partial charge in [-0.3, -0.25) is 0 Å². The van der Waals surface area contributed by atoms with Gasteiger partial charge in [-0.1, -0.05) is 38.1 Å². The maximum absolute atomic E-state index is 11.9. The molecule has 1 aromatic heterocycles. The third kappa shape index (κ3) is 6.76. The highest BCUT2D eigenvalue weighted by atomic mass is 16.6. The first-order chi connectivity index (χ1) is 17.5. The number of hydrogen-bond donors (Lipinski definition) is 1. The highest BCUT2D eigenvalue weighted by Crippen LogP contribution is 2.35. The molecule has 4 rings (SSSR count). The third-order valence-electron chi connectivity index (χ3n) is 6.22. The van der Waals surface area contributed by atoms with Crippen LogP contribution in [0.5, 0.6) is 17.2 Å². The van der Waals surface area contributed by atoms with Gasteiger partial charge in [0.1, 0.15) is 29.8 Å². The van der Waals surface area contributed by atoms with Crippen LogP contribution in [0.15, 0.2) is 60.9 Å². The molecular weight excluding hydrogens is 468 g/mol. The van der Waals surface area contributed by atoms with Gasteiger partial charge in [0, 0.05) is 23.8 Å². The Morgan fingerprint density at radius 3 is 1.92 bits per heavy atom. The van der Waals surface area contributed by atoms with E-state index in [0.717, 1.165) is 16.9 Å². The average molecular weight is 501 g/mol. The van der Waals surface area contributed by atoms with Crippen molar-refractivity contribution in [2.75, 3.05) is 0 Å². The zero-order chi connectivity index (χ0) is 26.6. The lowest BCUT2D eigenvalue weighted by Crippen LogP contribution is -2.46. The molecule has 2 aromatic carbocycles. The summed E-state index contributed by atoms with van der Waals surface area (Å²) in [6.45, 7) is 10.1. The summed E-state index contributed by atoms with van der Waals surface area (Å²) in [6, 6.07) is 17.9. The van der Waals surface area contributed by atoms with Gasteiger partial charge in [-0.25, -0.2) is 14.8 Å². The van der Waals surface area contributed by atoms with E-state index in [-0.39, 0.29) is 35.1 Å². The van der Waals surface area contributed by atoms with Crippen molar-refractivity contribution in [1.29, 1.82) is 5.26 Å². The molecule has 37 heavy (non-hydrogen) atoms. The highest BCUT2D eigenvalue weighted by Gasteiger charge is 2.34. The van der Waals surface area contributed by atoms with Crippen molar-refractivity contribution < 1.29 is 19.0 Å². The number of carbonyl (C=O) groups is 1. The Kier molecular flexibility index (Phi) is 7.35. The van der Waals surface area contributed by atoms with E-state index in [9.17, 15) is 4.79 Å². The minimum atomic E-state index is -0.384. The van der Waals surface area contributed by atoms with Gasteiger partial charge in [-0.15, -0.1) is 0 Å². The molecule has 8 heteroatoms. The first-order valence-electron chi connectivity index (χ1n) is 12.3. The van der Waals surface area contributed by atoms with E-state index in [4.69, 9.17) is 19.5 Å². The standard InChI is InChI=1S/C29H32N4O4/c1-28(2,3)33-27(34)37-24-14-23(15-24)35-21-10-6-19(7-11-21)29(4,5)20-8-12-22(13-9-20)36-25-17-31-26(16-30)32-18-25/h6-13,17-18,23-24H,14-15H2,1-5H3,(H,33,34). The Morgan fingerprint density at radius 2 is 1.41 bits per heavy atom. The number of carbonyl (C=O) groups excluding carboxylic acids is 1. The first-order valence-corrected chi connectivity index (χ1v) is 12.3. The van der Waals surface area contributed by atoms with Crippen LogP contribution in [0.4, 0.5) is 4.79 Å². The number of amides is 1. The molecule has 3 aromatic rings. The van der Waals surface area contributed by atoms with E-state index >= 15 is 0 Å². The summed E-state index contributed by atoms with van der Waals surface area (Å²) >= 11 is 0. The maximum Gasteiger partial charge on any atom is 0.407 e. The topological polar surface area (TPSA) is 106 Å². The van der Waals surface area contributed by atoms with Crippen molar-refractivity contribution in [2.45, 2.75) is 70.6 Å². The predicted octanol–water partition coefficient (Wildman–Crippen LogP) is 5.90. The fourth-order valence-electron chi connectivity index (χ4n) is 4.01. The average Bonchev–Trinajstić information content (AvgIpc) is 2.83. The Morgan fingerprint density at radius 1 is 0.865 bits per heavy atom. The highest BCUT2D eigenvalue weighted by molar-refractivity contribution is 5.68. The van der Waals surface area contributed by atoms with Gasteiger partial charge in [-0.2, -0.15) is 5.26 Å². The van der Waals surface area contributed by atoms with Crippen molar-refractivity contribution in [2.24, 2.45) is 0 Å². The molecule has 1 aliphatic carbocycles. The fourth-order valence-corrected chi connectivity index (χ4v) is 4.01. The molecule has 1 fully saturated rings. The third-order valence-corrected chi connectivity index (χ3v) is 6.22. The van der Waals surface area contributed by atoms with E-state index in [1.54, 1.807) is 0 Å². The van der Waals surface area contributed by atoms with Crippen molar-refractivity contribution >= 4 is 6.09 Å². The SMILES string of the molecule is CC(C)(C)NC(=O)OC1CC(Oc2ccc(C(C)(C)c3ccc(Oc4cnc(C#N)nc4)cc3)cc2)C1. The van der Waals surface area contributed by atoms with Crippen molar-refractivity contribution in [3.8, 4) is 23.3 Å². The van der Waals surface area contributed by atoms with Crippen LogP contribution in [-0.4, -0.2) is 33.8 Å². The number of alkyl carbamates (subject to hydrolysis) is 1. The van der Waals surface area contributed by atoms with Gasteiger partial charge >= 0.3 is 6.09 Å². The minimum Gasteiger partial charge on any atom is -0.490 e. The second-order valence-corrected chi connectivity index (χ2v) is 10.7. The zero-order valence-corrected chi connectivity index (χ0v) is 21.8. The molecule has 8 nitrogen and oxygen atoms in total. The number of benzene rings is 2. The van der Waals surface area contributed by atoms with Gasteiger partial charge in [0.25, 0.3) is 0 Å². The van der Waals surface area contributed by atoms with E-state index in [1.807, 2.05) is 63.2 Å². The molecule has 1 aliphatic rings. The van der Waals surface area contributed by atoms with Gasteiger partial charge < -0.3 is 19.5 Å². The van der Waals surface area contributed by atoms with Crippen LogP contribution in [0, 0.1) is 11.3 Å². The quantitative estimate of drug-likeness (QED) is 0.430. The number of nitrogens with zero attached hydrogens (tertiary/aromatic N) is 3. The normalized spacial score (nSPS) is 17.2. The lowest BCUT2D eigenvalue weighted by Gasteiger charge is -2.35. The van der Waals surface area contributed by atoms with Crippen LogP contribution in [0.3, 0.4) is 0 Å². The second-order valence-electron chi connectivity index (χ2n) is 10.7. The van der Waals surface area contributed by atoms with E-state index in [1.165, 1.54) is 12.4 Å². The summed E-state index contributed by atoms with van der Waals surface area (Å²) < 4.78 is 17.3. The summed E-state index contributed by atoms with van der Waals surface area (Å²) in [5, 5.41) is 11.6. The second kappa shape index (κ2) is 10.5. The summed E-state index contributed by atoms with van der Waals surface area (Å²) in [5.74, 6) is 2.04. The number of ether oxygens (including phenoxy) is 3. The van der Waals surface area contributed by atoms with Crippen LogP contribution in [-0.2, 0) is 10.2 Å². The molecule has 0 radical (unpaired) electrons. The Bertz CT molecular complexity index is 1250. The molecule has 0 atom stereocenters. The summed E-state index contributed by atoms with van der Waals surface area (Å²) in [7, 11) is 0. The van der Waals surface area contributed by atoms with Gasteiger partial charge in [0.2, 0.25) is 5.82 Å². The molecule has 1 saturated carbocycles. The molecule has 192 valence electrons. The van der Waals surface area contributed by atoms with Crippen LogP contribution < -0.4 is 14.8 Å². The Labute approximate surface area is 217 Å². The number of aromatic nitrogens is 2. The largest absolute Gasteiger partial charge is 0.490 e. The smallest absolute Gasteiger partial charge is 0.407 e. The maximum atomic E-state index is 11.9. The lowest BCUT2D eigenvalue weighted by molar-refractivity contribution is -0.0243. The monoisotopic (exact) mass is 500 g/mol. The fraction of sp³-hybridized carbons (Fsp3) is 0.379. The van der Waals surface area contributed by atoms with Crippen LogP contribution >= 0.6 is 0 Å². The van der Waals surface area contributed by atoms with Gasteiger partial charge in [0.15, 0.2) is 5.75 Å². The Hall–Kier alpha value is -4.12.